The summed E-state index contributed by atoms with van der Waals surface area (Å²) in [5, 5.41) is 8.94. The first-order valence-electron chi connectivity index (χ1n) is 12.5. The van der Waals surface area contributed by atoms with Crippen LogP contribution in [-0.2, 0) is 22.9 Å². The van der Waals surface area contributed by atoms with Crippen molar-refractivity contribution in [2.75, 3.05) is 43.5 Å². The molecule has 1 saturated heterocycles. The molecule has 0 aliphatic carbocycles. The van der Waals surface area contributed by atoms with Crippen molar-refractivity contribution in [3.63, 3.8) is 0 Å². The molecule has 4 rings (SSSR count). The van der Waals surface area contributed by atoms with Crippen LogP contribution in [0.1, 0.15) is 31.0 Å². The van der Waals surface area contributed by atoms with E-state index in [1.54, 1.807) is 0 Å². The summed E-state index contributed by atoms with van der Waals surface area (Å²) in [4.78, 5) is 2.26. The minimum atomic E-state index is -2.90. The third kappa shape index (κ3) is 7.50. The van der Waals surface area contributed by atoms with Gasteiger partial charge in [0.25, 0.3) is 0 Å². The Bertz CT molecular complexity index is 1330. The number of rotatable bonds is 9. The number of aromatic nitrogens is 1. The Morgan fingerprint density at radius 2 is 1.83 bits per heavy atom. The van der Waals surface area contributed by atoms with Crippen LogP contribution >= 0.6 is 11.6 Å². The van der Waals surface area contributed by atoms with E-state index in [-0.39, 0.29) is 5.75 Å². The zero-order valence-corrected chi connectivity index (χ0v) is 22.6. The molecule has 1 aliphatic heterocycles. The first-order chi connectivity index (χ1) is 17.3. The van der Waals surface area contributed by atoms with Crippen LogP contribution < -0.4 is 10.6 Å². The lowest BCUT2D eigenvalue weighted by Crippen LogP contribution is -2.43. The van der Waals surface area contributed by atoms with Crippen molar-refractivity contribution < 1.29 is 8.42 Å². The van der Waals surface area contributed by atoms with Crippen LogP contribution in [0.2, 0.25) is 5.02 Å². The van der Waals surface area contributed by atoms with Crippen molar-refractivity contribution in [1.82, 2.24) is 14.8 Å². The normalized spacial score (nSPS) is 15.1. The van der Waals surface area contributed by atoms with Crippen molar-refractivity contribution in [1.29, 1.82) is 0 Å². The van der Waals surface area contributed by atoms with Gasteiger partial charge < -0.3 is 20.1 Å². The highest BCUT2D eigenvalue weighted by molar-refractivity contribution is 7.90. The van der Waals surface area contributed by atoms with E-state index < -0.39 is 9.84 Å². The Morgan fingerprint density at radius 1 is 1.08 bits per heavy atom. The second-order valence-electron chi connectivity index (χ2n) is 9.46. The summed E-state index contributed by atoms with van der Waals surface area (Å²) in [6, 6.07) is 16.9. The zero-order chi connectivity index (χ0) is 25.5. The summed E-state index contributed by atoms with van der Waals surface area (Å²) in [6.45, 7) is 6.93. The van der Waals surface area contributed by atoms with Crippen LogP contribution in [0.4, 0.5) is 5.69 Å². The first kappa shape index (κ1) is 26.6. The third-order valence-corrected chi connectivity index (χ3v) is 7.86. The summed E-state index contributed by atoms with van der Waals surface area (Å²) < 4.78 is 25.1. The number of hydrogen-bond acceptors (Lipinski definition) is 5. The molecule has 1 aliphatic rings. The van der Waals surface area contributed by atoms with E-state index in [0.29, 0.717) is 19.1 Å². The monoisotopic (exact) mass is 526 g/mol. The fraction of sp³-hybridized carbons (Fsp3) is 0.429. The van der Waals surface area contributed by atoms with Gasteiger partial charge in [0.1, 0.15) is 9.84 Å². The molecule has 192 valence electrons. The van der Waals surface area contributed by atoms with Gasteiger partial charge in [-0.15, -0.1) is 0 Å². The molecule has 0 atom stereocenters. The van der Waals surface area contributed by atoms with Crippen LogP contribution in [-0.4, -0.2) is 62.1 Å². The first-order valence-corrected chi connectivity index (χ1v) is 15.0. The average Bonchev–Trinajstić information content (AvgIpc) is 3.22. The topological polar surface area (TPSA) is 66.4 Å². The van der Waals surface area contributed by atoms with Crippen molar-refractivity contribution in [2.45, 2.75) is 38.9 Å². The molecule has 8 heteroatoms. The lowest BCUT2D eigenvalue weighted by Gasteiger charge is -2.32. The van der Waals surface area contributed by atoms with Gasteiger partial charge in [-0.25, -0.2) is 8.42 Å². The number of piperidine rings is 1. The summed E-state index contributed by atoms with van der Waals surface area (Å²) in [5.41, 5.74) is 4.49. The minimum absolute atomic E-state index is 0.244. The number of sulfone groups is 1. The average molecular weight is 527 g/mol. The smallest absolute Gasteiger partial charge is 0.148 e. The lowest BCUT2D eigenvalue weighted by atomic mass is 10.0. The quantitative estimate of drug-likeness (QED) is 0.405. The van der Waals surface area contributed by atoms with E-state index in [2.05, 4.69) is 63.1 Å². The van der Waals surface area contributed by atoms with Crippen molar-refractivity contribution in [3.05, 3.63) is 64.8 Å². The van der Waals surface area contributed by atoms with Gasteiger partial charge >= 0.3 is 0 Å². The van der Waals surface area contributed by atoms with Crippen molar-refractivity contribution >= 4 is 38.0 Å². The number of halogens is 1. The maximum atomic E-state index is 11.4. The van der Waals surface area contributed by atoms with E-state index in [1.165, 1.54) is 22.7 Å². The second kappa shape index (κ2) is 12.2. The van der Waals surface area contributed by atoms with Gasteiger partial charge in [0.15, 0.2) is 0 Å². The van der Waals surface area contributed by atoms with Crippen LogP contribution in [0.3, 0.4) is 0 Å². The molecular formula is C28H35ClN4O2S. The molecule has 1 fully saturated rings. The highest BCUT2D eigenvalue weighted by atomic mass is 35.5. The largest absolute Gasteiger partial charge is 0.374 e. The maximum absolute atomic E-state index is 11.4. The van der Waals surface area contributed by atoms with Crippen molar-refractivity contribution in [3.8, 4) is 11.8 Å². The Hall–Kier alpha value is -2.50. The molecule has 0 radical (unpaired) electrons. The number of likely N-dealkylation sites (tertiary alicyclic amines) is 1. The second-order valence-corrected chi connectivity index (χ2v) is 12.2. The molecule has 0 unspecified atom stereocenters. The summed E-state index contributed by atoms with van der Waals surface area (Å²) in [7, 11) is -2.90. The number of aryl methyl sites for hydroxylation is 1. The number of fused-ring (bicyclic) bond motifs is 1. The molecule has 0 bridgehead atoms. The highest BCUT2D eigenvalue weighted by Gasteiger charge is 2.19. The summed E-state index contributed by atoms with van der Waals surface area (Å²) in [5.74, 6) is 6.81. The standard InChI is InChI=1S/C28H35ClN4O2S/c1-3-33-27(5-4-14-30-25-9-7-24(29)8-10-25)20-23-19-22(6-11-28(23)33)21-31-26-12-15-32(16-13-26)17-18-36(2,34)35/h6-11,19-20,26,30-31H,3,12-18,21H2,1-2H3. The van der Waals surface area contributed by atoms with Gasteiger partial charge in [-0.2, -0.15) is 0 Å². The molecular weight excluding hydrogens is 492 g/mol. The van der Waals surface area contributed by atoms with E-state index in [9.17, 15) is 8.42 Å². The number of hydrogen-bond donors (Lipinski definition) is 2. The highest BCUT2D eigenvalue weighted by Crippen LogP contribution is 2.22. The van der Waals surface area contributed by atoms with Gasteiger partial charge in [-0.3, -0.25) is 0 Å². The Kier molecular flexibility index (Phi) is 8.97. The van der Waals surface area contributed by atoms with Crippen molar-refractivity contribution in [2.24, 2.45) is 0 Å². The Morgan fingerprint density at radius 3 is 2.53 bits per heavy atom. The minimum Gasteiger partial charge on any atom is -0.374 e. The molecule has 36 heavy (non-hydrogen) atoms. The molecule has 1 aromatic heterocycles. The Balaban J connectivity index is 1.32. The van der Waals surface area contributed by atoms with E-state index >= 15 is 0 Å². The SMILES string of the molecule is CCn1c(C#CCNc2ccc(Cl)cc2)cc2cc(CNC3CCN(CCS(C)(=O)=O)CC3)ccc21. The van der Waals surface area contributed by atoms with E-state index in [4.69, 9.17) is 11.6 Å². The predicted molar refractivity (Wildman–Crippen MR) is 150 cm³/mol. The van der Waals surface area contributed by atoms with Crippen LogP contribution in [0.25, 0.3) is 10.9 Å². The summed E-state index contributed by atoms with van der Waals surface area (Å²) >= 11 is 5.94. The zero-order valence-electron chi connectivity index (χ0n) is 21.1. The van der Waals surface area contributed by atoms with Gasteiger partial charge in [0.05, 0.1) is 18.0 Å². The van der Waals surface area contributed by atoms with E-state index in [1.807, 2.05) is 24.3 Å². The number of nitrogens with one attached hydrogen (secondary N) is 2. The summed E-state index contributed by atoms with van der Waals surface area (Å²) in [6.07, 6.45) is 3.40. The fourth-order valence-corrected chi connectivity index (χ4v) is 5.36. The van der Waals surface area contributed by atoms with Gasteiger partial charge in [-0.1, -0.05) is 23.6 Å². The molecule has 2 heterocycles. The molecule has 0 spiro atoms. The lowest BCUT2D eigenvalue weighted by molar-refractivity contribution is 0.206. The fourth-order valence-electron chi connectivity index (χ4n) is 4.64. The number of nitrogens with zero attached hydrogens (tertiary/aromatic N) is 2. The molecule has 0 saturated carbocycles. The molecule has 0 amide bonds. The molecule has 6 nitrogen and oxygen atoms in total. The van der Waals surface area contributed by atoms with E-state index in [0.717, 1.165) is 55.4 Å². The maximum Gasteiger partial charge on any atom is 0.148 e. The molecule has 2 aromatic carbocycles. The van der Waals surface area contributed by atoms with Gasteiger partial charge in [0, 0.05) is 53.5 Å². The predicted octanol–water partition coefficient (Wildman–Crippen LogP) is 4.38. The number of benzene rings is 2. The van der Waals surface area contributed by atoms with Crippen LogP contribution in [0.15, 0.2) is 48.5 Å². The van der Waals surface area contributed by atoms with Crippen LogP contribution in [0, 0.1) is 11.8 Å². The third-order valence-electron chi connectivity index (χ3n) is 6.68. The van der Waals surface area contributed by atoms with Gasteiger partial charge in [-0.05, 0) is 86.8 Å². The number of anilines is 1. The van der Waals surface area contributed by atoms with Crippen LogP contribution in [0.5, 0.6) is 0 Å². The molecule has 2 N–H and O–H groups in total. The Labute approximate surface area is 219 Å². The van der Waals surface area contributed by atoms with Gasteiger partial charge in [0.2, 0.25) is 0 Å². The molecule has 3 aromatic rings.